The first-order valence-corrected chi connectivity index (χ1v) is 10.7. The maximum Gasteiger partial charge on any atom is 0.511 e. The summed E-state index contributed by atoms with van der Waals surface area (Å²) in [6.07, 6.45) is 1.63. The molecule has 2 saturated heterocycles. The first-order chi connectivity index (χ1) is 11.9. The van der Waals surface area contributed by atoms with Crippen LogP contribution >= 0.6 is 0 Å². The summed E-state index contributed by atoms with van der Waals surface area (Å²) in [5, 5.41) is 0. The number of hydrogen-bond acceptors (Lipinski definition) is 7. The van der Waals surface area contributed by atoms with Crippen LogP contribution in [0.3, 0.4) is 0 Å². The van der Waals surface area contributed by atoms with E-state index >= 15 is 0 Å². The Morgan fingerprint density at radius 3 is 2.62 bits per heavy atom. The van der Waals surface area contributed by atoms with Crippen LogP contribution in [-0.2, 0) is 19.9 Å². The monoisotopic (exact) mass is 415 g/mol. The summed E-state index contributed by atoms with van der Waals surface area (Å²) < 4.78 is 89.7. The summed E-state index contributed by atoms with van der Waals surface area (Å²) in [6, 6.07) is 1.67. The predicted molar refractivity (Wildman–Crippen MR) is 83.4 cm³/mol. The molecule has 3 heterocycles. The van der Waals surface area contributed by atoms with Gasteiger partial charge in [-0.2, -0.15) is 17.5 Å². The second-order valence-electron chi connectivity index (χ2n) is 6.38. The van der Waals surface area contributed by atoms with Gasteiger partial charge in [0.1, 0.15) is 4.75 Å². The molecule has 146 valence electrons. The van der Waals surface area contributed by atoms with Crippen LogP contribution < -0.4 is 4.74 Å². The molecular weight excluding hydrogens is 399 g/mol. The Hall–Kier alpha value is -1.47. The average molecular weight is 415 g/mol. The zero-order valence-corrected chi connectivity index (χ0v) is 15.2. The van der Waals surface area contributed by atoms with Gasteiger partial charge in [-0.15, -0.1) is 0 Å². The van der Waals surface area contributed by atoms with E-state index in [1.165, 1.54) is 6.20 Å². The molecule has 13 heteroatoms. The molecule has 2 fully saturated rings. The maximum absolute atomic E-state index is 12.7. The number of alkyl halides is 3. The van der Waals surface area contributed by atoms with E-state index in [1.54, 1.807) is 13.0 Å². The molecule has 1 aromatic heterocycles. The van der Waals surface area contributed by atoms with Gasteiger partial charge in [-0.1, -0.05) is 0 Å². The van der Waals surface area contributed by atoms with Gasteiger partial charge in [0.05, 0.1) is 12.4 Å². The van der Waals surface area contributed by atoms with E-state index in [-0.39, 0.29) is 29.1 Å². The minimum atomic E-state index is -5.55. The molecule has 2 aliphatic heterocycles. The van der Waals surface area contributed by atoms with E-state index in [0.717, 1.165) is 0 Å². The van der Waals surface area contributed by atoms with Gasteiger partial charge >= 0.3 is 21.5 Å². The topological polar surface area (TPSA) is 107 Å². The van der Waals surface area contributed by atoms with Gasteiger partial charge in [-0.25, -0.2) is 26.8 Å². The van der Waals surface area contributed by atoms with E-state index in [9.17, 15) is 30.0 Å². The van der Waals surface area contributed by atoms with Crippen LogP contribution in [0.5, 0.6) is 6.01 Å². The van der Waals surface area contributed by atoms with Crippen molar-refractivity contribution < 1.29 is 34.7 Å². The third-order valence-electron chi connectivity index (χ3n) is 4.81. The van der Waals surface area contributed by atoms with Crippen LogP contribution in [0.4, 0.5) is 13.2 Å². The number of sulfone groups is 1. The average Bonchev–Trinajstić information content (AvgIpc) is 2.73. The Balaban J connectivity index is 1.77. The number of hydrogen-bond donors (Lipinski definition) is 0. The minimum Gasteiger partial charge on any atom is -0.463 e. The number of ether oxygens (including phenoxy) is 1. The molecule has 0 aliphatic carbocycles. The van der Waals surface area contributed by atoms with Crippen LogP contribution in [-0.4, -0.2) is 66.8 Å². The lowest BCUT2D eigenvalue weighted by atomic mass is 9.85. The molecule has 0 bridgehead atoms. The van der Waals surface area contributed by atoms with E-state index < -0.39 is 49.1 Å². The van der Waals surface area contributed by atoms with E-state index in [1.807, 2.05) is 0 Å². The zero-order valence-electron chi connectivity index (χ0n) is 13.6. The van der Waals surface area contributed by atoms with E-state index in [4.69, 9.17) is 4.74 Å². The van der Waals surface area contributed by atoms with Gasteiger partial charge in [-0.3, -0.25) is 0 Å². The normalized spacial score (nSPS) is 25.2. The third-order valence-corrected chi connectivity index (χ3v) is 8.93. The Kier molecular flexibility index (Phi) is 4.47. The highest BCUT2D eigenvalue weighted by atomic mass is 32.2. The Morgan fingerprint density at radius 1 is 1.38 bits per heavy atom. The van der Waals surface area contributed by atoms with Gasteiger partial charge < -0.3 is 4.74 Å². The van der Waals surface area contributed by atoms with Crippen molar-refractivity contribution >= 4 is 19.9 Å². The van der Waals surface area contributed by atoms with Crippen LogP contribution in [0.1, 0.15) is 12.1 Å². The molecule has 0 aromatic carbocycles. The highest BCUT2D eigenvalue weighted by Gasteiger charge is 2.67. The summed E-state index contributed by atoms with van der Waals surface area (Å²) in [4.78, 5) is 7.89. The molecule has 1 atom stereocenters. The second-order valence-corrected chi connectivity index (χ2v) is 10.8. The lowest BCUT2D eigenvalue weighted by Crippen LogP contribution is -2.70. The largest absolute Gasteiger partial charge is 0.511 e. The van der Waals surface area contributed by atoms with Crippen molar-refractivity contribution in [3.8, 4) is 6.01 Å². The molecule has 0 amide bonds. The molecule has 0 radical (unpaired) electrons. The summed E-state index contributed by atoms with van der Waals surface area (Å²) in [5.41, 5.74) is -4.83. The van der Waals surface area contributed by atoms with Crippen molar-refractivity contribution in [3.05, 3.63) is 18.0 Å². The molecule has 1 aromatic rings. The fraction of sp³-hybridized carbons (Fsp3) is 0.692. The van der Waals surface area contributed by atoms with Gasteiger partial charge in [0.15, 0.2) is 9.84 Å². The molecule has 0 unspecified atom stereocenters. The summed E-state index contributed by atoms with van der Waals surface area (Å²) >= 11 is 0. The summed E-state index contributed by atoms with van der Waals surface area (Å²) in [6.45, 7) is 0.143. The number of halogens is 3. The number of nitrogens with zero attached hydrogens (tertiary/aromatic N) is 3. The molecule has 2 aliphatic rings. The first kappa shape index (κ1) is 19.3. The second kappa shape index (κ2) is 6.02. The number of aryl methyl sites for hydroxylation is 1. The molecule has 0 N–H and O–H groups in total. The quantitative estimate of drug-likeness (QED) is 0.705. The van der Waals surface area contributed by atoms with Crippen LogP contribution in [0.25, 0.3) is 0 Å². The lowest BCUT2D eigenvalue weighted by Gasteiger charge is -2.48. The Morgan fingerprint density at radius 2 is 2.04 bits per heavy atom. The summed E-state index contributed by atoms with van der Waals surface area (Å²) in [7, 11) is -9.29. The molecule has 3 rings (SSSR count). The number of sulfonamides is 1. The van der Waals surface area contributed by atoms with Gasteiger partial charge in [0, 0.05) is 30.9 Å². The van der Waals surface area contributed by atoms with Crippen molar-refractivity contribution in [1.29, 1.82) is 0 Å². The van der Waals surface area contributed by atoms with Gasteiger partial charge in [-0.05, 0) is 19.4 Å². The predicted octanol–water partition coefficient (Wildman–Crippen LogP) is 0.503. The molecule has 1 spiro atoms. The molecule has 26 heavy (non-hydrogen) atoms. The van der Waals surface area contributed by atoms with E-state index in [2.05, 4.69) is 9.97 Å². The van der Waals surface area contributed by atoms with Crippen LogP contribution in [0.15, 0.2) is 12.3 Å². The van der Waals surface area contributed by atoms with Crippen molar-refractivity contribution in [2.24, 2.45) is 5.92 Å². The standard InChI is InChI=1S/C13H16F3N3O5S2/c1-9-2-4-17-11(18-9)24-6-10-3-5-25(20,21)12(10)7-19(8-12)26(22,23)13(14,15)16/h2,4,10H,3,5-8H2,1H3/t10-/m0/s1. The van der Waals surface area contributed by atoms with Crippen molar-refractivity contribution in [1.82, 2.24) is 14.3 Å². The molecule has 0 saturated carbocycles. The van der Waals surface area contributed by atoms with Crippen molar-refractivity contribution in [3.63, 3.8) is 0 Å². The van der Waals surface area contributed by atoms with Crippen LogP contribution in [0, 0.1) is 12.8 Å². The van der Waals surface area contributed by atoms with E-state index in [0.29, 0.717) is 5.69 Å². The highest BCUT2D eigenvalue weighted by molar-refractivity contribution is 7.93. The fourth-order valence-corrected chi connectivity index (χ4v) is 6.90. The Labute approximate surface area is 148 Å². The van der Waals surface area contributed by atoms with Crippen molar-refractivity contribution in [2.75, 3.05) is 25.4 Å². The van der Waals surface area contributed by atoms with Crippen molar-refractivity contribution in [2.45, 2.75) is 23.6 Å². The first-order valence-electron chi connectivity index (χ1n) is 7.60. The maximum atomic E-state index is 12.7. The third kappa shape index (κ3) is 2.95. The zero-order chi connectivity index (χ0) is 19.4. The number of rotatable bonds is 4. The SMILES string of the molecule is Cc1ccnc(OC[C@@H]2CCS(=O)(=O)C23CN(S(=O)(=O)C(F)(F)F)C3)n1. The summed E-state index contributed by atoms with van der Waals surface area (Å²) in [5.74, 6) is -0.869. The smallest absolute Gasteiger partial charge is 0.463 e. The highest BCUT2D eigenvalue weighted by Crippen LogP contribution is 2.47. The Bertz CT molecular complexity index is 911. The van der Waals surface area contributed by atoms with Crippen LogP contribution in [0.2, 0.25) is 0 Å². The van der Waals surface area contributed by atoms with Gasteiger partial charge in [0.25, 0.3) is 0 Å². The lowest BCUT2D eigenvalue weighted by molar-refractivity contribution is -0.0527. The minimum absolute atomic E-state index is 0.0311. The molecule has 8 nitrogen and oxygen atoms in total. The fourth-order valence-electron chi connectivity index (χ4n) is 3.25. The number of aromatic nitrogens is 2. The van der Waals surface area contributed by atoms with Gasteiger partial charge in [0.2, 0.25) is 0 Å². The molecular formula is C13H16F3N3O5S2.